The van der Waals surface area contributed by atoms with Crippen LogP contribution in [0.15, 0.2) is 18.2 Å². The van der Waals surface area contributed by atoms with Gasteiger partial charge in [0.25, 0.3) is 0 Å². The van der Waals surface area contributed by atoms with Gasteiger partial charge >= 0.3 is 0 Å². The summed E-state index contributed by atoms with van der Waals surface area (Å²) in [5.74, 6) is -1.93. The lowest BCUT2D eigenvalue weighted by Crippen LogP contribution is -2.23. The number of phenolic OH excluding ortho intramolecular Hbond substituents is 3. The molecule has 0 saturated heterocycles. The molecule has 0 spiro atoms. The fourth-order valence-electron chi connectivity index (χ4n) is 3.64. The summed E-state index contributed by atoms with van der Waals surface area (Å²) in [4.78, 5) is 25.5. The van der Waals surface area contributed by atoms with Gasteiger partial charge in [-0.05, 0) is 31.7 Å². The maximum absolute atomic E-state index is 12.7. The van der Waals surface area contributed by atoms with Crippen LogP contribution in [0.2, 0.25) is 0 Å². The second-order valence-electron chi connectivity index (χ2n) is 5.97. The van der Waals surface area contributed by atoms with Crippen LogP contribution in [0.1, 0.15) is 55.8 Å². The first-order valence-electron chi connectivity index (χ1n) is 7.53. The molecular weight excluding hydrogens is 296 g/mol. The molecule has 2 aliphatic rings. The first-order chi connectivity index (χ1) is 11.0. The Kier molecular flexibility index (Phi) is 2.75. The van der Waals surface area contributed by atoms with Crippen LogP contribution in [0.25, 0.3) is 0 Å². The topological polar surface area (TPSA) is 94.8 Å². The molecule has 0 heterocycles. The van der Waals surface area contributed by atoms with Gasteiger partial charge in [-0.2, -0.15) is 0 Å². The lowest BCUT2D eigenvalue weighted by molar-refractivity contribution is 0.0971. The highest BCUT2D eigenvalue weighted by Crippen LogP contribution is 2.46. The quantitative estimate of drug-likeness (QED) is 0.554. The molecule has 3 N–H and O–H groups in total. The van der Waals surface area contributed by atoms with Crippen molar-refractivity contribution in [2.24, 2.45) is 0 Å². The highest BCUT2D eigenvalue weighted by molar-refractivity contribution is 6.31. The Bertz CT molecular complexity index is 895. The number of fused-ring (bicyclic) bond motifs is 3. The van der Waals surface area contributed by atoms with Crippen molar-refractivity contribution in [1.82, 2.24) is 0 Å². The van der Waals surface area contributed by atoms with Crippen molar-refractivity contribution in [2.75, 3.05) is 0 Å². The van der Waals surface area contributed by atoms with E-state index in [1.54, 1.807) is 0 Å². The number of hydrogen-bond donors (Lipinski definition) is 3. The van der Waals surface area contributed by atoms with E-state index in [2.05, 4.69) is 0 Å². The summed E-state index contributed by atoms with van der Waals surface area (Å²) in [6, 6.07) is 4.23. The normalized spacial score (nSPS) is 15.8. The van der Waals surface area contributed by atoms with Crippen molar-refractivity contribution in [2.45, 2.75) is 25.7 Å². The van der Waals surface area contributed by atoms with Gasteiger partial charge in [0.2, 0.25) is 5.78 Å². The van der Waals surface area contributed by atoms with E-state index < -0.39 is 11.6 Å². The molecule has 0 atom stereocenters. The highest BCUT2D eigenvalue weighted by atomic mass is 16.3. The number of carbonyl (C=O) groups is 2. The molecule has 5 nitrogen and oxygen atoms in total. The third-order valence-electron chi connectivity index (χ3n) is 4.73. The van der Waals surface area contributed by atoms with Gasteiger partial charge in [0.15, 0.2) is 5.78 Å². The zero-order chi connectivity index (χ0) is 16.3. The summed E-state index contributed by atoms with van der Waals surface area (Å²) in [7, 11) is 0. The Labute approximate surface area is 131 Å². The molecule has 2 aromatic carbocycles. The monoisotopic (exact) mass is 310 g/mol. The van der Waals surface area contributed by atoms with Crippen LogP contribution >= 0.6 is 0 Å². The Morgan fingerprint density at radius 1 is 0.739 bits per heavy atom. The minimum absolute atomic E-state index is 0.0490. The predicted molar refractivity (Wildman–Crippen MR) is 81.4 cm³/mol. The molecule has 4 rings (SSSR count). The predicted octanol–water partition coefficient (Wildman–Crippen LogP) is 2.46. The van der Waals surface area contributed by atoms with Crippen LogP contribution in [-0.4, -0.2) is 26.9 Å². The average Bonchev–Trinajstić information content (AvgIpc) is 2.55. The van der Waals surface area contributed by atoms with Crippen molar-refractivity contribution in [1.29, 1.82) is 0 Å². The summed E-state index contributed by atoms with van der Waals surface area (Å²) in [5.41, 5.74) is 0.682. The fourth-order valence-corrected chi connectivity index (χ4v) is 3.64. The number of hydrogen-bond acceptors (Lipinski definition) is 5. The Morgan fingerprint density at radius 3 is 1.91 bits per heavy atom. The largest absolute Gasteiger partial charge is 0.507 e. The minimum Gasteiger partial charge on any atom is -0.507 e. The number of phenols is 3. The van der Waals surface area contributed by atoms with Gasteiger partial charge in [-0.1, -0.05) is 12.1 Å². The zero-order valence-corrected chi connectivity index (χ0v) is 12.2. The summed E-state index contributed by atoms with van der Waals surface area (Å²) in [6.07, 6.45) is 2.83. The lowest BCUT2D eigenvalue weighted by Gasteiger charge is -2.26. The molecule has 23 heavy (non-hydrogen) atoms. The van der Waals surface area contributed by atoms with Crippen LogP contribution in [0.3, 0.4) is 0 Å². The average molecular weight is 310 g/mol. The molecule has 0 aliphatic heterocycles. The van der Waals surface area contributed by atoms with Crippen molar-refractivity contribution < 1.29 is 24.9 Å². The highest BCUT2D eigenvalue weighted by Gasteiger charge is 2.39. The first kappa shape index (κ1) is 13.8. The van der Waals surface area contributed by atoms with Gasteiger partial charge in [-0.25, -0.2) is 0 Å². The fraction of sp³-hybridized carbons (Fsp3) is 0.222. The molecule has 0 fully saturated rings. The van der Waals surface area contributed by atoms with E-state index in [0.717, 1.165) is 12.8 Å². The minimum atomic E-state index is -0.631. The molecule has 0 radical (unpaired) electrons. The zero-order valence-electron chi connectivity index (χ0n) is 12.2. The third kappa shape index (κ3) is 1.67. The van der Waals surface area contributed by atoms with Crippen molar-refractivity contribution in [3.63, 3.8) is 0 Å². The third-order valence-corrected chi connectivity index (χ3v) is 4.73. The summed E-state index contributed by atoms with van der Waals surface area (Å²) in [5, 5.41) is 31.0. The SMILES string of the molecule is O=C1c2cccc(O)c2C(=O)c2c(O)c3c(c(O)c21)CCCC3. The van der Waals surface area contributed by atoms with E-state index >= 15 is 0 Å². The van der Waals surface area contributed by atoms with Crippen molar-refractivity contribution >= 4 is 11.6 Å². The van der Waals surface area contributed by atoms with E-state index in [-0.39, 0.29) is 39.5 Å². The second kappa shape index (κ2) is 4.59. The molecule has 116 valence electrons. The van der Waals surface area contributed by atoms with Crippen LogP contribution in [0, 0.1) is 0 Å². The maximum atomic E-state index is 12.7. The molecule has 0 aromatic heterocycles. The smallest absolute Gasteiger partial charge is 0.202 e. The van der Waals surface area contributed by atoms with E-state index in [4.69, 9.17) is 0 Å². The maximum Gasteiger partial charge on any atom is 0.202 e. The Balaban J connectivity index is 2.10. The van der Waals surface area contributed by atoms with Crippen LogP contribution < -0.4 is 0 Å². The first-order valence-corrected chi connectivity index (χ1v) is 7.53. The second-order valence-corrected chi connectivity index (χ2v) is 5.97. The van der Waals surface area contributed by atoms with Gasteiger partial charge < -0.3 is 15.3 Å². The lowest BCUT2D eigenvalue weighted by atomic mass is 9.77. The molecule has 0 bridgehead atoms. The number of benzene rings is 2. The van der Waals surface area contributed by atoms with E-state index in [1.807, 2.05) is 0 Å². The van der Waals surface area contributed by atoms with Gasteiger partial charge in [-0.3, -0.25) is 9.59 Å². The van der Waals surface area contributed by atoms with E-state index in [1.165, 1.54) is 18.2 Å². The summed E-state index contributed by atoms with van der Waals surface area (Å²) >= 11 is 0. The standard InChI is InChI=1S/C18H14O5/c19-11-7-3-6-10-12(11)18(23)14-13(17(10)22)15(20)8-4-1-2-5-9(8)16(14)21/h3,6-7,19-21H,1-2,4-5H2. The van der Waals surface area contributed by atoms with E-state index in [9.17, 15) is 24.9 Å². The molecule has 2 aliphatic carbocycles. The summed E-state index contributed by atoms with van der Waals surface area (Å²) in [6.45, 7) is 0. The Hall–Kier alpha value is -2.82. The molecule has 0 saturated carbocycles. The Morgan fingerprint density at radius 2 is 1.30 bits per heavy atom. The van der Waals surface area contributed by atoms with Crippen LogP contribution in [-0.2, 0) is 12.8 Å². The van der Waals surface area contributed by atoms with Crippen molar-refractivity contribution in [3.8, 4) is 17.2 Å². The molecule has 5 heteroatoms. The van der Waals surface area contributed by atoms with Crippen LogP contribution in [0.4, 0.5) is 0 Å². The van der Waals surface area contributed by atoms with Crippen LogP contribution in [0.5, 0.6) is 17.2 Å². The number of ketones is 2. The van der Waals surface area contributed by atoms with Gasteiger partial charge in [-0.15, -0.1) is 0 Å². The van der Waals surface area contributed by atoms with Gasteiger partial charge in [0.1, 0.15) is 17.2 Å². The molecule has 0 unspecified atom stereocenters. The van der Waals surface area contributed by atoms with Crippen molar-refractivity contribution in [3.05, 3.63) is 51.6 Å². The molecule has 2 aromatic rings. The molecule has 0 amide bonds. The number of rotatable bonds is 0. The van der Waals surface area contributed by atoms with E-state index in [0.29, 0.717) is 24.0 Å². The summed E-state index contributed by atoms with van der Waals surface area (Å²) < 4.78 is 0. The van der Waals surface area contributed by atoms with Gasteiger partial charge in [0.05, 0.1) is 16.7 Å². The number of aromatic hydroxyl groups is 3. The number of carbonyl (C=O) groups excluding carboxylic acids is 2. The molecular formula is C18H14O5. The van der Waals surface area contributed by atoms with Gasteiger partial charge in [0, 0.05) is 16.7 Å².